The molecule has 2 rings (SSSR count). The van der Waals surface area contributed by atoms with E-state index in [1.807, 2.05) is 19.9 Å². The standard InChI is InChI=1S/C10H10BrNO3/c1-10(2)5-6-3-7(11)4-8(12(13)14)9(6)15-10/h3-4H,5H2,1-2H3. The molecule has 0 saturated carbocycles. The highest BCUT2D eigenvalue weighted by atomic mass is 79.9. The highest BCUT2D eigenvalue weighted by Crippen LogP contribution is 2.43. The molecule has 0 bridgehead atoms. The van der Waals surface area contributed by atoms with E-state index in [9.17, 15) is 10.1 Å². The Morgan fingerprint density at radius 2 is 2.20 bits per heavy atom. The number of hydrogen-bond acceptors (Lipinski definition) is 3. The summed E-state index contributed by atoms with van der Waals surface area (Å²) in [6.45, 7) is 3.84. The summed E-state index contributed by atoms with van der Waals surface area (Å²) in [5.41, 5.74) is 0.569. The van der Waals surface area contributed by atoms with Gasteiger partial charge in [-0.3, -0.25) is 10.1 Å². The molecule has 4 nitrogen and oxygen atoms in total. The van der Waals surface area contributed by atoms with Crippen LogP contribution in [0.3, 0.4) is 0 Å². The van der Waals surface area contributed by atoms with Crippen LogP contribution in [-0.2, 0) is 6.42 Å². The molecule has 0 fully saturated rings. The summed E-state index contributed by atoms with van der Waals surface area (Å²) in [7, 11) is 0. The van der Waals surface area contributed by atoms with Crippen molar-refractivity contribution in [2.75, 3.05) is 0 Å². The van der Waals surface area contributed by atoms with E-state index in [2.05, 4.69) is 15.9 Å². The summed E-state index contributed by atoms with van der Waals surface area (Å²) >= 11 is 3.26. The number of nitro benzene ring substituents is 1. The van der Waals surface area contributed by atoms with Gasteiger partial charge in [-0.1, -0.05) is 15.9 Å². The molecule has 1 aromatic carbocycles. The van der Waals surface area contributed by atoms with Crippen LogP contribution in [-0.4, -0.2) is 10.5 Å². The summed E-state index contributed by atoms with van der Waals surface area (Å²) in [5, 5.41) is 10.8. The lowest BCUT2D eigenvalue weighted by atomic mass is 10.0. The molecule has 0 saturated heterocycles. The van der Waals surface area contributed by atoms with E-state index in [1.165, 1.54) is 6.07 Å². The van der Waals surface area contributed by atoms with Gasteiger partial charge >= 0.3 is 5.69 Å². The van der Waals surface area contributed by atoms with Gasteiger partial charge < -0.3 is 4.74 Å². The molecule has 0 amide bonds. The summed E-state index contributed by atoms with van der Waals surface area (Å²) in [6, 6.07) is 3.34. The molecular formula is C10H10BrNO3. The van der Waals surface area contributed by atoms with Crippen molar-refractivity contribution in [1.82, 2.24) is 0 Å². The molecule has 1 aliphatic rings. The number of nitro groups is 1. The third kappa shape index (κ3) is 1.84. The molecular weight excluding hydrogens is 262 g/mol. The Labute approximate surface area is 95.5 Å². The molecule has 0 aromatic heterocycles. The van der Waals surface area contributed by atoms with E-state index in [-0.39, 0.29) is 11.3 Å². The zero-order chi connectivity index (χ0) is 11.2. The van der Waals surface area contributed by atoms with Gasteiger partial charge in [0.25, 0.3) is 0 Å². The van der Waals surface area contributed by atoms with Crippen LogP contribution in [0.2, 0.25) is 0 Å². The van der Waals surface area contributed by atoms with Gasteiger partial charge in [0.2, 0.25) is 5.75 Å². The van der Waals surface area contributed by atoms with Gasteiger partial charge in [-0.2, -0.15) is 0 Å². The van der Waals surface area contributed by atoms with Crippen LogP contribution in [0.1, 0.15) is 19.4 Å². The fraction of sp³-hybridized carbons (Fsp3) is 0.400. The molecule has 0 atom stereocenters. The monoisotopic (exact) mass is 271 g/mol. The van der Waals surface area contributed by atoms with E-state index in [0.29, 0.717) is 16.6 Å². The molecule has 5 heteroatoms. The quantitative estimate of drug-likeness (QED) is 0.583. The van der Waals surface area contributed by atoms with E-state index in [0.717, 1.165) is 5.56 Å². The topological polar surface area (TPSA) is 52.4 Å². The van der Waals surface area contributed by atoms with Crippen LogP contribution < -0.4 is 4.74 Å². The lowest BCUT2D eigenvalue weighted by Gasteiger charge is -2.16. The van der Waals surface area contributed by atoms with Crippen molar-refractivity contribution in [3.63, 3.8) is 0 Å². The van der Waals surface area contributed by atoms with Crippen LogP contribution in [0.15, 0.2) is 16.6 Å². The zero-order valence-electron chi connectivity index (χ0n) is 8.41. The van der Waals surface area contributed by atoms with Crippen molar-refractivity contribution in [3.8, 4) is 5.75 Å². The van der Waals surface area contributed by atoms with Crippen molar-refractivity contribution >= 4 is 21.6 Å². The Morgan fingerprint density at radius 3 is 2.80 bits per heavy atom. The highest BCUT2D eigenvalue weighted by molar-refractivity contribution is 9.10. The van der Waals surface area contributed by atoms with Gasteiger partial charge in [0.15, 0.2) is 0 Å². The Morgan fingerprint density at radius 1 is 1.53 bits per heavy atom. The molecule has 0 unspecified atom stereocenters. The Hall–Kier alpha value is -1.10. The second-order valence-corrected chi connectivity index (χ2v) is 5.12. The predicted molar refractivity (Wildman–Crippen MR) is 59.2 cm³/mol. The molecule has 0 N–H and O–H groups in total. The molecule has 1 aromatic rings. The first kappa shape index (κ1) is 10.4. The number of rotatable bonds is 1. The smallest absolute Gasteiger partial charge is 0.312 e. The lowest BCUT2D eigenvalue weighted by Crippen LogP contribution is -2.24. The second-order valence-electron chi connectivity index (χ2n) is 4.21. The average Bonchev–Trinajstić information content (AvgIpc) is 2.36. The minimum absolute atomic E-state index is 0.0324. The van der Waals surface area contributed by atoms with Gasteiger partial charge in [0, 0.05) is 22.5 Å². The third-order valence-electron chi connectivity index (χ3n) is 2.30. The number of halogens is 1. The normalized spacial score (nSPS) is 17.0. The molecule has 1 heterocycles. The van der Waals surface area contributed by atoms with Crippen LogP contribution >= 0.6 is 15.9 Å². The third-order valence-corrected chi connectivity index (χ3v) is 2.76. The SMILES string of the molecule is CC1(C)Cc2cc(Br)cc([N+](=O)[O-])c2O1. The summed E-state index contributed by atoms with van der Waals surface area (Å²) in [6.07, 6.45) is 0.697. The van der Waals surface area contributed by atoms with Gasteiger partial charge in [0.1, 0.15) is 5.60 Å². The first-order valence-electron chi connectivity index (χ1n) is 4.55. The number of nitrogens with zero attached hydrogens (tertiary/aromatic N) is 1. The average molecular weight is 272 g/mol. The Bertz CT molecular complexity index is 443. The van der Waals surface area contributed by atoms with E-state index >= 15 is 0 Å². The molecule has 0 aliphatic carbocycles. The highest BCUT2D eigenvalue weighted by Gasteiger charge is 2.35. The second kappa shape index (κ2) is 3.20. The molecule has 80 valence electrons. The number of fused-ring (bicyclic) bond motifs is 1. The summed E-state index contributed by atoms with van der Waals surface area (Å²) in [4.78, 5) is 10.4. The van der Waals surface area contributed by atoms with Crippen molar-refractivity contribution in [2.45, 2.75) is 25.9 Å². The fourth-order valence-corrected chi connectivity index (χ4v) is 2.28. The van der Waals surface area contributed by atoms with E-state index in [4.69, 9.17) is 4.74 Å². The number of hydrogen-bond donors (Lipinski definition) is 0. The van der Waals surface area contributed by atoms with Gasteiger partial charge in [-0.25, -0.2) is 0 Å². The van der Waals surface area contributed by atoms with E-state index < -0.39 is 4.92 Å². The molecule has 0 spiro atoms. The van der Waals surface area contributed by atoms with Crippen LogP contribution in [0.5, 0.6) is 5.75 Å². The van der Waals surface area contributed by atoms with E-state index in [1.54, 1.807) is 0 Å². The van der Waals surface area contributed by atoms with Gasteiger partial charge in [-0.15, -0.1) is 0 Å². The van der Waals surface area contributed by atoms with Gasteiger partial charge in [0.05, 0.1) is 4.92 Å². The fourth-order valence-electron chi connectivity index (χ4n) is 1.79. The van der Waals surface area contributed by atoms with Crippen LogP contribution in [0.4, 0.5) is 5.69 Å². The number of ether oxygens (including phenoxy) is 1. The maximum atomic E-state index is 10.8. The lowest BCUT2D eigenvalue weighted by molar-refractivity contribution is -0.386. The first-order valence-corrected chi connectivity index (χ1v) is 5.34. The Balaban J connectivity index is 2.58. The maximum Gasteiger partial charge on any atom is 0.312 e. The molecule has 1 aliphatic heterocycles. The molecule has 0 radical (unpaired) electrons. The summed E-state index contributed by atoms with van der Waals surface area (Å²) in [5.74, 6) is 0.410. The minimum atomic E-state index is -0.412. The first-order chi connectivity index (χ1) is 6.89. The number of benzene rings is 1. The zero-order valence-corrected chi connectivity index (χ0v) is 10.00. The Kier molecular flexibility index (Phi) is 2.22. The van der Waals surface area contributed by atoms with Crippen molar-refractivity contribution in [1.29, 1.82) is 0 Å². The maximum absolute atomic E-state index is 10.8. The van der Waals surface area contributed by atoms with Crippen molar-refractivity contribution in [2.24, 2.45) is 0 Å². The van der Waals surface area contributed by atoms with Crippen molar-refractivity contribution < 1.29 is 9.66 Å². The largest absolute Gasteiger partial charge is 0.480 e. The van der Waals surface area contributed by atoms with Crippen LogP contribution in [0.25, 0.3) is 0 Å². The molecule has 15 heavy (non-hydrogen) atoms. The van der Waals surface area contributed by atoms with Gasteiger partial charge in [-0.05, 0) is 19.9 Å². The minimum Gasteiger partial charge on any atom is -0.480 e. The predicted octanol–water partition coefficient (Wildman–Crippen LogP) is 3.07. The van der Waals surface area contributed by atoms with Crippen molar-refractivity contribution in [3.05, 3.63) is 32.3 Å². The summed E-state index contributed by atoms with van der Waals surface area (Å²) < 4.78 is 6.30. The van der Waals surface area contributed by atoms with Crippen LogP contribution in [0, 0.1) is 10.1 Å².